The van der Waals surface area contributed by atoms with E-state index in [9.17, 15) is 18.0 Å². The minimum Gasteiger partial charge on any atom is -0.481 e. The number of hydrogen-bond donors (Lipinski definition) is 0. The second-order valence-corrected chi connectivity index (χ2v) is 2.09. The molecule has 1 heterocycles. The Bertz CT molecular complexity index is 358. The first-order valence-corrected chi connectivity index (χ1v) is 3.16. The van der Waals surface area contributed by atoms with Crippen molar-refractivity contribution in [3.63, 3.8) is 0 Å². The average Bonchev–Trinajstić information content (AvgIpc) is 2.01. The van der Waals surface area contributed by atoms with Gasteiger partial charge < -0.3 is 4.74 Å². The largest absolute Gasteiger partial charge is 0.492 e. The van der Waals surface area contributed by atoms with Crippen LogP contribution >= 0.6 is 0 Å². The van der Waals surface area contributed by atoms with Crippen LogP contribution in [0.15, 0.2) is 17.1 Å². The Kier molecular flexibility index (Phi) is 2.26. The van der Waals surface area contributed by atoms with Gasteiger partial charge in [-0.15, -0.1) is 13.2 Å². The maximum atomic E-state index is 12.0. The number of methoxy groups -OCH3 is 1. The number of ether oxygens (including phenoxy) is 1. The van der Waals surface area contributed by atoms with E-state index in [0.717, 1.165) is 6.07 Å². The van der Waals surface area contributed by atoms with Crippen LogP contribution in [-0.4, -0.2) is 16.7 Å². The zero-order valence-electron chi connectivity index (χ0n) is 6.50. The summed E-state index contributed by atoms with van der Waals surface area (Å²) in [6.45, 7) is 0. The topological polar surface area (TPSA) is 44.1 Å². The van der Waals surface area contributed by atoms with Gasteiger partial charge in [0, 0.05) is 12.3 Å². The van der Waals surface area contributed by atoms with E-state index < -0.39 is 16.6 Å². The normalized spacial score (nSPS) is 11.4. The van der Waals surface area contributed by atoms with Crippen LogP contribution in [0.25, 0.3) is 0 Å². The van der Waals surface area contributed by atoms with Gasteiger partial charge in [-0.1, -0.05) is 0 Å². The number of nitrogens with zero attached hydrogens (tertiary/aromatic N) is 2. The highest BCUT2D eigenvalue weighted by Crippen LogP contribution is 2.19. The Morgan fingerprint density at radius 2 is 2.15 bits per heavy atom. The lowest BCUT2D eigenvalue weighted by molar-refractivity contribution is -0.207. The molecule has 0 aliphatic rings. The van der Waals surface area contributed by atoms with Crippen molar-refractivity contribution in [1.29, 1.82) is 0 Å². The highest BCUT2D eigenvalue weighted by molar-refractivity contribution is 5.05. The molecule has 0 bridgehead atoms. The molecule has 1 aromatic heterocycles. The van der Waals surface area contributed by atoms with E-state index in [-0.39, 0.29) is 5.88 Å². The Balaban J connectivity index is 3.21. The van der Waals surface area contributed by atoms with Crippen LogP contribution in [-0.2, 0) is 6.30 Å². The van der Waals surface area contributed by atoms with Crippen molar-refractivity contribution >= 4 is 0 Å². The molecule has 4 nitrogen and oxygen atoms in total. The molecule has 0 aliphatic heterocycles. The fourth-order valence-electron chi connectivity index (χ4n) is 0.694. The van der Waals surface area contributed by atoms with Gasteiger partial charge in [-0.2, -0.15) is 4.98 Å². The van der Waals surface area contributed by atoms with Gasteiger partial charge in [-0.25, -0.2) is 9.36 Å². The predicted molar refractivity (Wildman–Crippen MR) is 36.3 cm³/mol. The van der Waals surface area contributed by atoms with Crippen LogP contribution in [0.2, 0.25) is 0 Å². The third-order valence-electron chi connectivity index (χ3n) is 1.26. The molecule has 0 aliphatic carbocycles. The molecule has 0 spiro atoms. The van der Waals surface area contributed by atoms with Crippen LogP contribution in [0.3, 0.4) is 0 Å². The van der Waals surface area contributed by atoms with Crippen LogP contribution in [0, 0.1) is 0 Å². The Morgan fingerprint density at radius 1 is 1.54 bits per heavy atom. The molecule has 7 heteroatoms. The van der Waals surface area contributed by atoms with E-state index in [1.165, 1.54) is 7.11 Å². The molecule has 0 radical (unpaired) electrons. The zero-order valence-corrected chi connectivity index (χ0v) is 6.50. The molecule has 0 saturated heterocycles. The third-order valence-corrected chi connectivity index (χ3v) is 1.26. The number of aromatic nitrogens is 2. The van der Waals surface area contributed by atoms with E-state index in [0.29, 0.717) is 6.20 Å². The maximum Gasteiger partial charge on any atom is 0.492 e. The van der Waals surface area contributed by atoms with Gasteiger partial charge in [0.1, 0.15) is 0 Å². The number of hydrogen-bond acceptors (Lipinski definition) is 3. The van der Waals surface area contributed by atoms with Crippen molar-refractivity contribution in [2.45, 2.75) is 6.30 Å². The molecule has 72 valence electrons. The summed E-state index contributed by atoms with van der Waals surface area (Å²) in [6, 6.07) is 0.953. The van der Waals surface area contributed by atoms with Gasteiger partial charge in [0.05, 0.1) is 7.11 Å². The van der Waals surface area contributed by atoms with Gasteiger partial charge in [0.25, 0.3) is 0 Å². The molecular formula is C6H5F3N2O2. The van der Waals surface area contributed by atoms with Crippen molar-refractivity contribution in [3.8, 4) is 5.88 Å². The van der Waals surface area contributed by atoms with Gasteiger partial charge in [0.15, 0.2) is 0 Å². The predicted octanol–water partition coefficient (Wildman–Crippen LogP) is 0.728. The van der Waals surface area contributed by atoms with E-state index in [1.54, 1.807) is 0 Å². The van der Waals surface area contributed by atoms with Gasteiger partial charge >= 0.3 is 12.0 Å². The number of alkyl halides is 3. The highest BCUT2D eigenvalue weighted by atomic mass is 19.4. The van der Waals surface area contributed by atoms with E-state index in [2.05, 4.69) is 9.72 Å². The molecule has 0 N–H and O–H groups in total. The van der Waals surface area contributed by atoms with E-state index >= 15 is 0 Å². The van der Waals surface area contributed by atoms with Gasteiger partial charge in [-0.3, -0.25) is 0 Å². The standard InChI is InChI=1S/C6H5F3N2O2/c1-13-4-2-3-11(5(12)10-4)6(7,8)9/h2-3H,1H3. The lowest BCUT2D eigenvalue weighted by Crippen LogP contribution is -2.31. The molecule has 1 aromatic rings. The summed E-state index contributed by atoms with van der Waals surface area (Å²) in [4.78, 5) is 13.7. The lowest BCUT2D eigenvalue weighted by Gasteiger charge is -2.08. The van der Waals surface area contributed by atoms with Crippen molar-refractivity contribution < 1.29 is 17.9 Å². The first-order chi connectivity index (χ1) is 5.95. The molecule has 0 atom stereocenters. The zero-order chi connectivity index (χ0) is 10.1. The maximum absolute atomic E-state index is 12.0. The third kappa shape index (κ3) is 1.98. The van der Waals surface area contributed by atoms with Gasteiger partial charge in [-0.05, 0) is 0 Å². The van der Waals surface area contributed by atoms with E-state index in [1.807, 2.05) is 0 Å². The molecule has 0 unspecified atom stereocenters. The quantitative estimate of drug-likeness (QED) is 0.661. The second-order valence-electron chi connectivity index (χ2n) is 2.09. The smallest absolute Gasteiger partial charge is 0.481 e. The molecule has 0 saturated carbocycles. The second kappa shape index (κ2) is 3.08. The molecule has 0 aromatic carbocycles. The van der Waals surface area contributed by atoms with Crippen molar-refractivity contribution in [1.82, 2.24) is 9.55 Å². The summed E-state index contributed by atoms with van der Waals surface area (Å²) in [5, 5.41) is 0. The first-order valence-electron chi connectivity index (χ1n) is 3.16. The summed E-state index contributed by atoms with van der Waals surface area (Å²) in [5.41, 5.74) is -1.41. The van der Waals surface area contributed by atoms with Crippen molar-refractivity contribution in [3.05, 3.63) is 22.7 Å². The summed E-state index contributed by atoms with van der Waals surface area (Å²) in [7, 11) is 1.21. The van der Waals surface area contributed by atoms with Crippen LogP contribution in [0.5, 0.6) is 5.88 Å². The lowest BCUT2D eigenvalue weighted by atomic mass is 10.6. The number of rotatable bonds is 1. The Hall–Kier alpha value is -1.53. The van der Waals surface area contributed by atoms with Crippen LogP contribution < -0.4 is 10.4 Å². The highest BCUT2D eigenvalue weighted by Gasteiger charge is 2.32. The molecular weight excluding hydrogens is 189 g/mol. The summed E-state index contributed by atoms with van der Waals surface area (Å²) < 4.78 is 39.9. The minimum atomic E-state index is -4.74. The molecule has 0 amide bonds. The summed E-state index contributed by atoms with van der Waals surface area (Å²) >= 11 is 0. The molecule has 1 rings (SSSR count). The molecule has 13 heavy (non-hydrogen) atoms. The fraction of sp³-hybridized carbons (Fsp3) is 0.333. The Labute approximate surface area is 70.6 Å². The minimum absolute atomic E-state index is 0.148. The van der Waals surface area contributed by atoms with E-state index in [4.69, 9.17) is 0 Å². The van der Waals surface area contributed by atoms with Crippen LogP contribution in [0.1, 0.15) is 0 Å². The summed E-state index contributed by atoms with van der Waals surface area (Å²) in [5.74, 6) is -0.148. The SMILES string of the molecule is COc1ccn(C(F)(F)F)c(=O)n1. The molecule has 0 fully saturated rings. The van der Waals surface area contributed by atoms with Gasteiger partial charge in [0.2, 0.25) is 5.88 Å². The summed E-state index contributed by atoms with van der Waals surface area (Å²) in [6.07, 6.45) is -4.18. The number of halogens is 3. The van der Waals surface area contributed by atoms with Crippen molar-refractivity contribution in [2.75, 3.05) is 7.11 Å². The first kappa shape index (κ1) is 9.56. The van der Waals surface area contributed by atoms with Crippen LogP contribution in [0.4, 0.5) is 13.2 Å². The average molecular weight is 194 g/mol. The Morgan fingerprint density at radius 3 is 2.54 bits per heavy atom. The van der Waals surface area contributed by atoms with Crippen molar-refractivity contribution in [2.24, 2.45) is 0 Å². The fourth-order valence-corrected chi connectivity index (χ4v) is 0.694. The monoisotopic (exact) mass is 194 g/mol.